The number of fused-ring (bicyclic) bond motifs is 1. The van der Waals surface area contributed by atoms with E-state index in [0.717, 1.165) is 48.4 Å². The van der Waals surface area contributed by atoms with Crippen LogP contribution in [0.15, 0.2) is 83.7 Å². The van der Waals surface area contributed by atoms with Crippen LogP contribution in [0.2, 0.25) is 0 Å². The Morgan fingerprint density at radius 2 is 1.60 bits per heavy atom. The highest BCUT2D eigenvalue weighted by Crippen LogP contribution is 2.30. The van der Waals surface area contributed by atoms with Crippen LogP contribution < -0.4 is 19.9 Å². The van der Waals surface area contributed by atoms with Gasteiger partial charge in [0, 0.05) is 43.5 Å². The van der Waals surface area contributed by atoms with Crippen molar-refractivity contribution in [2.45, 2.75) is 12.6 Å². The first-order chi connectivity index (χ1) is 19.6. The monoisotopic (exact) mass is 537 g/mol. The molecule has 3 aromatic carbocycles. The minimum absolute atomic E-state index is 0.171. The third-order valence-corrected chi connectivity index (χ3v) is 7.47. The maximum absolute atomic E-state index is 13.6. The molecule has 6 rings (SSSR count). The third-order valence-electron chi connectivity index (χ3n) is 7.47. The zero-order chi connectivity index (χ0) is 27.5. The zero-order valence-electron chi connectivity index (χ0n) is 22.5. The van der Waals surface area contributed by atoms with Crippen LogP contribution in [-0.2, 0) is 6.54 Å². The van der Waals surface area contributed by atoms with E-state index in [4.69, 9.17) is 9.47 Å². The van der Waals surface area contributed by atoms with Crippen LogP contribution in [0.3, 0.4) is 0 Å². The molecule has 1 N–H and O–H groups in total. The van der Waals surface area contributed by atoms with Gasteiger partial charge in [-0.25, -0.2) is 4.68 Å². The van der Waals surface area contributed by atoms with Crippen molar-refractivity contribution in [1.29, 1.82) is 0 Å². The number of aromatic nitrogens is 5. The van der Waals surface area contributed by atoms with Gasteiger partial charge in [0.1, 0.15) is 17.5 Å². The van der Waals surface area contributed by atoms with E-state index >= 15 is 0 Å². The third kappa shape index (κ3) is 5.13. The van der Waals surface area contributed by atoms with E-state index in [9.17, 15) is 4.79 Å². The molecule has 1 atom stereocenters. The molecule has 1 aliphatic rings. The second-order valence-electron chi connectivity index (χ2n) is 9.81. The van der Waals surface area contributed by atoms with Gasteiger partial charge in [-0.15, -0.1) is 5.10 Å². The molecule has 1 aliphatic heterocycles. The number of ether oxygens (including phenoxy) is 2. The van der Waals surface area contributed by atoms with Gasteiger partial charge in [-0.05, 0) is 63.8 Å². The van der Waals surface area contributed by atoms with Crippen molar-refractivity contribution >= 4 is 16.6 Å². The highest BCUT2D eigenvalue weighted by molar-refractivity contribution is 5.80. The number of hydrogen-bond acceptors (Lipinski definition) is 8. The molecule has 0 amide bonds. The van der Waals surface area contributed by atoms with E-state index < -0.39 is 6.04 Å². The Bertz CT molecular complexity index is 1640. The number of anilines is 1. The van der Waals surface area contributed by atoms with E-state index in [2.05, 4.69) is 54.6 Å². The summed E-state index contributed by atoms with van der Waals surface area (Å²) in [6.07, 6.45) is 0. The van der Waals surface area contributed by atoms with Crippen LogP contribution >= 0.6 is 0 Å². The molecule has 0 saturated carbocycles. The second kappa shape index (κ2) is 11.2. The molecule has 1 fully saturated rings. The Morgan fingerprint density at radius 1 is 0.875 bits per heavy atom. The summed E-state index contributed by atoms with van der Waals surface area (Å²) < 4.78 is 12.4. The number of pyridine rings is 1. The summed E-state index contributed by atoms with van der Waals surface area (Å²) in [4.78, 5) is 21.3. The molecule has 2 aromatic heterocycles. The minimum Gasteiger partial charge on any atom is -0.497 e. The maximum Gasteiger partial charge on any atom is 0.253 e. The van der Waals surface area contributed by atoms with E-state index in [0.29, 0.717) is 23.7 Å². The quantitative estimate of drug-likeness (QED) is 0.321. The van der Waals surface area contributed by atoms with Crippen LogP contribution in [0.25, 0.3) is 10.9 Å². The predicted octanol–water partition coefficient (Wildman–Crippen LogP) is 3.49. The van der Waals surface area contributed by atoms with Gasteiger partial charge in [0.25, 0.3) is 5.56 Å². The Kier molecular flexibility index (Phi) is 7.15. The predicted molar refractivity (Wildman–Crippen MR) is 153 cm³/mol. The maximum atomic E-state index is 13.6. The Morgan fingerprint density at radius 3 is 2.33 bits per heavy atom. The highest BCUT2D eigenvalue weighted by Gasteiger charge is 2.33. The van der Waals surface area contributed by atoms with Crippen LogP contribution in [-0.4, -0.2) is 70.5 Å². The number of para-hydroxylation sites is 1. The smallest absolute Gasteiger partial charge is 0.253 e. The van der Waals surface area contributed by atoms with Crippen LogP contribution in [0, 0.1) is 0 Å². The van der Waals surface area contributed by atoms with Gasteiger partial charge in [0.15, 0.2) is 5.82 Å². The highest BCUT2D eigenvalue weighted by atomic mass is 16.5. The molecule has 0 unspecified atom stereocenters. The number of H-pyrrole nitrogens is 1. The first-order valence-corrected chi connectivity index (χ1v) is 13.3. The van der Waals surface area contributed by atoms with E-state index in [1.165, 1.54) is 5.69 Å². The van der Waals surface area contributed by atoms with Gasteiger partial charge in [-0.1, -0.05) is 30.3 Å². The number of piperazine rings is 1. The van der Waals surface area contributed by atoms with Gasteiger partial charge >= 0.3 is 0 Å². The van der Waals surface area contributed by atoms with Gasteiger partial charge in [-0.2, -0.15) is 0 Å². The van der Waals surface area contributed by atoms with Gasteiger partial charge < -0.3 is 19.4 Å². The lowest BCUT2D eigenvalue weighted by molar-refractivity contribution is 0.200. The zero-order valence-corrected chi connectivity index (χ0v) is 22.5. The number of tetrazole rings is 1. The Balaban J connectivity index is 1.38. The van der Waals surface area contributed by atoms with Crippen molar-refractivity contribution in [2.75, 3.05) is 45.3 Å². The van der Waals surface area contributed by atoms with Crippen molar-refractivity contribution < 1.29 is 9.47 Å². The number of aromatic amines is 1. The topological polar surface area (TPSA) is 101 Å². The lowest BCUT2D eigenvalue weighted by Gasteiger charge is -2.39. The van der Waals surface area contributed by atoms with Gasteiger partial charge in [0.05, 0.1) is 26.3 Å². The number of hydrogen-bond donors (Lipinski definition) is 1. The lowest BCUT2D eigenvalue weighted by Crippen LogP contribution is -2.49. The van der Waals surface area contributed by atoms with Crippen molar-refractivity contribution in [3.8, 4) is 11.5 Å². The van der Waals surface area contributed by atoms with Crippen LogP contribution in [0.4, 0.5) is 5.69 Å². The second-order valence-corrected chi connectivity index (χ2v) is 9.81. The molecular weight excluding hydrogens is 506 g/mol. The molecule has 0 spiro atoms. The molecule has 0 aliphatic carbocycles. The van der Waals surface area contributed by atoms with E-state index in [-0.39, 0.29) is 5.56 Å². The fourth-order valence-electron chi connectivity index (χ4n) is 5.33. The molecule has 0 bridgehead atoms. The summed E-state index contributed by atoms with van der Waals surface area (Å²) in [7, 11) is 3.26. The molecule has 10 nitrogen and oxygen atoms in total. The van der Waals surface area contributed by atoms with Crippen molar-refractivity contribution in [1.82, 2.24) is 30.1 Å². The fraction of sp³-hybridized carbons (Fsp3) is 0.267. The largest absolute Gasteiger partial charge is 0.497 e. The van der Waals surface area contributed by atoms with Crippen molar-refractivity contribution in [3.63, 3.8) is 0 Å². The number of methoxy groups -OCH3 is 2. The van der Waals surface area contributed by atoms with E-state index in [1.807, 2.05) is 54.6 Å². The SMILES string of the molecule is COc1ccc(Cn2nnnc2[C@H](c2cc3ccc(OC)cc3[nH]c2=O)N2CCN(c3ccccc3)CC2)cc1. The summed E-state index contributed by atoms with van der Waals surface area (Å²) in [5, 5.41) is 13.8. The Labute approximate surface area is 231 Å². The Hall–Kier alpha value is -4.70. The first kappa shape index (κ1) is 25.6. The summed E-state index contributed by atoms with van der Waals surface area (Å²) in [5.74, 6) is 2.10. The van der Waals surface area contributed by atoms with Gasteiger partial charge in [0.2, 0.25) is 0 Å². The van der Waals surface area contributed by atoms with Crippen molar-refractivity contribution in [2.24, 2.45) is 0 Å². The average molecular weight is 538 g/mol. The van der Waals surface area contributed by atoms with Crippen LogP contribution in [0.1, 0.15) is 23.0 Å². The standard InChI is InChI=1S/C30H31N7O3/c1-39-24-11-8-21(9-12-24)20-37-29(32-33-34-37)28(36-16-14-35(15-17-36)23-6-4-3-5-7-23)26-18-22-10-13-25(40-2)19-27(22)31-30(26)38/h3-13,18-19,28H,14-17,20H2,1-2H3,(H,31,38)/t28-/m0/s1. The number of nitrogens with zero attached hydrogens (tertiary/aromatic N) is 6. The first-order valence-electron chi connectivity index (χ1n) is 13.3. The van der Waals surface area contributed by atoms with Gasteiger partial charge in [-0.3, -0.25) is 9.69 Å². The molecule has 5 aromatic rings. The normalized spacial score (nSPS) is 14.8. The molecule has 0 radical (unpaired) electrons. The summed E-state index contributed by atoms with van der Waals surface area (Å²) in [6.45, 7) is 3.60. The average Bonchev–Trinajstić information content (AvgIpc) is 3.46. The molecule has 3 heterocycles. The molecule has 10 heteroatoms. The minimum atomic E-state index is -0.429. The number of rotatable bonds is 8. The van der Waals surface area contributed by atoms with E-state index in [1.54, 1.807) is 18.9 Å². The summed E-state index contributed by atoms with van der Waals surface area (Å²) >= 11 is 0. The summed E-state index contributed by atoms with van der Waals surface area (Å²) in [6, 6.07) is 25.4. The van der Waals surface area contributed by atoms with Crippen molar-refractivity contribution in [3.05, 3.63) is 106 Å². The molecular formula is C30H31N7O3. The molecule has 40 heavy (non-hydrogen) atoms. The lowest BCUT2D eigenvalue weighted by atomic mass is 10.0. The fourth-order valence-corrected chi connectivity index (χ4v) is 5.33. The number of nitrogens with one attached hydrogen (secondary N) is 1. The summed E-state index contributed by atoms with van der Waals surface area (Å²) in [5.41, 5.74) is 3.38. The van der Waals surface area contributed by atoms with Crippen LogP contribution in [0.5, 0.6) is 11.5 Å². The number of benzene rings is 3. The molecule has 204 valence electrons. The molecule has 1 saturated heterocycles.